The van der Waals surface area contributed by atoms with Crippen LogP contribution in [-0.2, 0) is 0 Å². The van der Waals surface area contributed by atoms with Gasteiger partial charge < -0.3 is 21.1 Å². The lowest BCUT2D eigenvalue weighted by Crippen LogP contribution is -2.49. The molecule has 1 aliphatic rings. The second-order valence-corrected chi connectivity index (χ2v) is 10.1. The van der Waals surface area contributed by atoms with Crippen LogP contribution in [0.1, 0.15) is 33.7 Å². The molecule has 0 saturated carbocycles. The first-order valence-electron chi connectivity index (χ1n) is 12.4. The van der Waals surface area contributed by atoms with Gasteiger partial charge in [-0.1, -0.05) is 47.5 Å². The second kappa shape index (κ2) is 11.5. The quantitative estimate of drug-likeness (QED) is 0.265. The van der Waals surface area contributed by atoms with Crippen LogP contribution >= 0.6 is 23.2 Å². The molecular weight excluding hydrogens is 539 g/mol. The van der Waals surface area contributed by atoms with Crippen LogP contribution in [0.5, 0.6) is 0 Å². The number of pyridine rings is 1. The lowest BCUT2D eigenvalue weighted by Gasteiger charge is -2.32. The topological polar surface area (TPSA) is 121 Å². The van der Waals surface area contributed by atoms with Crippen LogP contribution in [0.15, 0.2) is 72.9 Å². The van der Waals surface area contributed by atoms with E-state index in [9.17, 15) is 14.7 Å². The van der Waals surface area contributed by atoms with Crippen LogP contribution in [0.2, 0.25) is 10.0 Å². The summed E-state index contributed by atoms with van der Waals surface area (Å²) in [6.07, 6.45) is 2.71. The molecule has 2 aromatic heterocycles. The Morgan fingerprint density at radius 3 is 2.44 bits per heavy atom. The van der Waals surface area contributed by atoms with Crippen molar-refractivity contribution >= 4 is 40.8 Å². The minimum absolute atomic E-state index is 0.0862. The normalized spacial score (nSPS) is 14.5. The van der Waals surface area contributed by atoms with Crippen LogP contribution in [0.3, 0.4) is 0 Å². The van der Waals surface area contributed by atoms with Crippen LogP contribution in [0.25, 0.3) is 16.9 Å². The molecule has 0 bridgehead atoms. The summed E-state index contributed by atoms with van der Waals surface area (Å²) in [5.74, 6) is -0.710. The molecule has 4 N–H and O–H groups in total. The number of nitrogens with one attached hydrogen (secondary N) is 3. The van der Waals surface area contributed by atoms with E-state index in [1.54, 1.807) is 36.5 Å². The number of anilines is 1. The number of nitrogens with zero attached hydrogens (tertiary/aromatic N) is 3. The van der Waals surface area contributed by atoms with Gasteiger partial charge in [-0.15, -0.1) is 0 Å². The van der Waals surface area contributed by atoms with E-state index >= 15 is 0 Å². The number of aromatic nitrogens is 3. The zero-order chi connectivity index (χ0) is 27.4. The predicted octanol–water partition coefficient (Wildman–Crippen LogP) is 4.34. The van der Waals surface area contributed by atoms with Gasteiger partial charge in [-0.25, -0.2) is 4.68 Å². The van der Waals surface area contributed by atoms with Crippen LogP contribution in [0, 0.1) is 0 Å². The third-order valence-corrected chi connectivity index (χ3v) is 7.16. The predicted molar refractivity (Wildman–Crippen MR) is 151 cm³/mol. The summed E-state index contributed by atoms with van der Waals surface area (Å²) in [6.45, 7) is 1.46. The van der Waals surface area contributed by atoms with Gasteiger partial charge in [0, 0.05) is 24.4 Å². The summed E-state index contributed by atoms with van der Waals surface area (Å²) in [5, 5.41) is 24.5. The van der Waals surface area contributed by atoms with E-state index < -0.39 is 17.4 Å². The standard InChI is InChI=1S/C28H26Cl2N6O3/c29-21-15-22(30)20(14-19(21)23-8-4-5-11-32-23)26(37)34-25-16-24(35-36(25)18-6-2-1-3-7-18)27(38)33-17-28(39)9-12-31-13-10-28/h1-8,11,14-16,31,39H,9-10,12-13,17H2,(H,33,38)(H,34,37). The second-order valence-electron chi connectivity index (χ2n) is 9.30. The monoisotopic (exact) mass is 564 g/mol. The molecule has 0 spiro atoms. The number of amides is 2. The Bertz CT molecular complexity index is 1490. The Balaban J connectivity index is 1.43. The molecule has 11 heteroatoms. The molecule has 200 valence electrons. The number of aliphatic hydroxyl groups is 1. The van der Waals surface area contributed by atoms with Gasteiger partial charge >= 0.3 is 0 Å². The van der Waals surface area contributed by atoms with E-state index in [0.29, 0.717) is 47.9 Å². The van der Waals surface area contributed by atoms with E-state index in [4.69, 9.17) is 23.2 Å². The smallest absolute Gasteiger partial charge is 0.271 e. The Morgan fingerprint density at radius 2 is 1.72 bits per heavy atom. The highest BCUT2D eigenvalue weighted by atomic mass is 35.5. The first-order chi connectivity index (χ1) is 18.8. The number of benzene rings is 2. The molecule has 39 heavy (non-hydrogen) atoms. The number of piperidine rings is 1. The van der Waals surface area contributed by atoms with Crippen LogP contribution in [-0.4, -0.2) is 56.9 Å². The fraction of sp³-hybridized carbons (Fsp3) is 0.214. The maximum atomic E-state index is 13.4. The lowest BCUT2D eigenvalue weighted by molar-refractivity contribution is 0.0112. The molecule has 3 heterocycles. The summed E-state index contributed by atoms with van der Waals surface area (Å²) < 4.78 is 1.47. The molecule has 2 amide bonds. The number of carbonyl (C=O) groups is 2. The van der Waals surface area contributed by atoms with Gasteiger partial charge in [-0.05, 0) is 62.3 Å². The summed E-state index contributed by atoms with van der Waals surface area (Å²) in [5.41, 5.74) is 1.08. The van der Waals surface area contributed by atoms with Crippen LogP contribution < -0.4 is 16.0 Å². The average molecular weight is 565 g/mol. The van der Waals surface area contributed by atoms with Crippen molar-refractivity contribution in [2.45, 2.75) is 18.4 Å². The molecule has 1 aliphatic heterocycles. The van der Waals surface area contributed by atoms with Crippen molar-refractivity contribution in [3.8, 4) is 16.9 Å². The van der Waals surface area contributed by atoms with Gasteiger partial charge in [-0.2, -0.15) is 5.10 Å². The van der Waals surface area contributed by atoms with E-state index in [1.165, 1.54) is 16.8 Å². The minimum Gasteiger partial charge on any atom is -0.388 e. The highest BCUT2D eigenvalue weighted by molar-refractivity contribution is 6.38. The van der Waals surface area contributed by atoms with Crippen molar-refractivity contribution in [3.63, 3.8) is 0 Å². The van der Waals surface area contributed by atoms with Gasteiger partial charge in [0.15, 0.2) is 5.69 Å². The van der Waals surface area contributed by atoms with E-state index in [-0.39, 0.29) is 28.6 Å². The molecule has 5 rings (SSSR count). The number of para-hydroxylation sites is 1. The summed E-state index contributed by atoms with van der Waals surface area (Å²) in [6, 6.07) is 19.1. The van der Waals surface area contributed by atoms with Crippen molar-refractivity contribution in [1.82, 2.24) is 25.4 Å². The Kier molecular flexibility index (Phi) is 7.94. The first kappa shape index (κ1) is 26.8. The Morgan fingerprint density at radius 1 is 0.974 bits per heavy atom. The largest absolute Gasteiger partial charge is 0.388 e. The maximum Gasteiger partial charge on any atom is 0.271 e. The van der Waals surface area contributed by atoms with Gasteiger partial charge in [0.25, 0.3) is 11.8 Å². The van der Waals surface area contributed by atoms with Crippen molar-refractivity contribution in [2.75, 3.05) is 25.0 Å². The highest BCUT2D eigenvalue weighted by Gasteiger charge is 2.30. The maximum absolute atomic E-state index is 13.4. The Labute approximate surface area is 235 Å². The highest BCUT2D eigenvalue weighted by Crippen LogP contribution is 2.32. The molecule has 9 nitrogen and oxygen atoms in total. The van der Waals surface area contributed by atoms with E-state index in [0.717, 1.165) is 0 Å². The first-order valence-corrected chi connectivity index (χ1v) is 13.2. The van der Waals surface area contributed by atoms with Gasteiger partial charge in [0.2, 0.25) is 0 Å². The lowest BCUT2D eigenvalue weighted by atomic mass is 9.92. The van der Waals surface area contributed by atoms with E-state index in [2.05, 4.69) is 26.0 Å². The van der Waals surface area contributed by atoms with Crippen molar-refractivity contribution in [2.24, 2.45) is 0 Å². The fourth-order valence-electron chi connectivity index (χ4n) is 4.38. The van der Waals surface area contributed by atoms with Gasteiger partial charge in [0.05, 0.1) is 32.6 Å². The molecule has 1 saturated heterocycles. The number of halogens is 2. The third-order valence-electron chi connectivity index (χ3n) is 6.54. The average Bonchev–Trinajstić information content (AvgIpc) is 3.37. The van der Waals surface area contributed by atoms with Crippen molar-refractivity contribution in [1.29, 1.82) is 0 Å². The zero-order valence-corrected chi connectivity index (χ0v) is 22.3. The number of hydrogen-bond acceptors (Lipinski definition) is 6. The fourth-order valence-corrected chi connectivity index (χ4v) is 4.94. The summed E-state index contributed by atoms with van der Waals surface area (Å²) in [7, 11) is 0. The molecule has 2 aromatic carbocycles. The van der Waals surface area contributed by atoms with Gasteiger partial charge in [0.1, 0.15) is 5.82 Å². The molecular formula is C28H26Cl2N6O3. The van der Waals surface area contributed by atoms with Gasteiger partial charge in [-0.3, -0.25) is 14.6 Å². The number of hydrogen-bond donors (Lipinski definition) is 4. The zero-order valence-electron chi connectivity index (χ0n) is 20.8. The number of rotatable bonds is 7. The van der Waals surface area contributed by atoms with E-state index in [1.807, 2.05) is 24.3 Å². The molecule has 1 fully saturated rings. The molecule has 0 aliphatic carbocycles. The molecule has 0 unspecified atom stereocenters. The molecule has 0 radical (unpaired) electrons. The molecule has 0 atom stereocenters. The van der Waals surface area contributed by atoms with Crippen molar-refractivity contribution in [3.05, 3.63) is 94.2 Å². The SMILES string of the molecule is O=C(NCC1(O)CCNCC1)c1cc(NC(=O)c2cc(-c3ccccn3)c(Cl)cc2Cl)n(-c2ccccc2)n1. The Hall–Kier alpha value is -3.76. The number of carbonyl (C=O) groups excluding carboxylic acids is 2. The summed E-state index contributed by atoms with van der Waals surface area (Å²) >= 11 is 12.8. The summed E-state index contributed by atoms with van der Waals surface area (Å²) in [4.78, 5) is 30.8. The molecule has 4 aromatic rings. The van der Waals surface area contributed by atoms with Crippen LogP contribution in [0.4, 0.5) is 5.82 Å². The minimum atomic E-state index is -0.976. The third kappa shape index (κ3) is 6.12. The van der Waals surface area contributed by atoms with Crippen molar-refractivity contribution < 1.29 is 14.7 Å².